The van der Waals surface area contributed by atoms with E-state index in [0.717, 1.165) is 16.7 Å². The summed E-state index contributed by atoms with van der Waals surface area (Å²) in [7, 11) is -3.67. The maximum Gasteiger partial charge on any atom is 0.261 e. The number of nitrogens with one attached hydrogen (secondary N) is 1. The highest BCUT2D eigenvalue weighted by Crippen LogP contribution is 2.22. The Morgan fingerprint density at radius 1 is 0.826 bits per heavy atom. The number of carbonyl (C=O) groups excluding carboxylic acids is 2. The molecule has 4 aromatic rings. The van der Waals surface area contributed by atoms with Gasteiger partial charge in [-0.05, 0) is 53.1 Å². The average molecular weight is 662 g/mol. The lowest BCUT2D eigenvalue weighted by Gasteiger charge is -2.31. The summed E-state index contributed by atoms with van der Waals surface area (Å²) in [5.41, 5.74) is 2.63. The summed E-state index contributed by atoms with van der Waals surface area (Å²) in [5.74, 6) is -0.377. The largest absolute Gasteiger partial charge is 0.484 e. The quantitative estimate of drug-likeness (QED) is 0.223. The fraction of sp³-hybridized carbons (Fsp3) is 0.257. The summed E-state index contributed by atoms with van der Waals surface area (Å²) in [4.78, 5) is 29.4. The standard InChI is InChI=1S/C35H36ClN3O6S/c36-30-13-11-29(12-14-30)25-39(33(23-27-7-3-1-4-8-27)35(41)37-24-28-9-5-2-6-10-28)34(40)26-45-31-15-17-32(18-16-31)46(42,43)38-19-21-44-22-20-38/h1-18,33H,19-26H2,(H,37,41)/t33-/m0/s1. The second kappa shape index (κ2) is 15.9. The van der Waals surface area contributed by atoms with Gasteiger partial charge >= 0.3 is 0 Å². The lowest BCUT2D eigenvalue weighted by molar-refractivity contribution is -0.142. The molecular weight excluding hydrogens is 626 g/mol. The van der Waals surface area contributed by atoms with Gasteiger partial charge < -0.3 is 19.7 Å². The topological polar surface area (TPSA) is 105 Å². The van der Waals surface area contributed by atoms with Crippen molar-refractivity contribution in [2.24, 2.45) is 0 Å². The molecule has 0 saturated carbocycles. The molecule has 1 aliphatic heterocycles. The number of ether oxygens (including phenoxy) is 2. The van der Waals surface area contributed by atoms with Crippen LogP contribution in [-0.4, -0.2) is 68.4 Å². The van der Waals surface area contributed by atoms with E-state index in [1.807, 2.05) is 72.8 Å². The zero-order chi connectivity index (χ0) is 32.4. The third kappa shape index (κ3) is 8.95. The number of halogens is 1. The second-order valence-electron chi connectivity index (χ2n) is 10.8. The molecule has 46 heavy (non-hydrogen) atoms. The molecule has 1 atom stereocenters. The van der Waals surface area contributed by atoms with Crippen molar-refractivity contribution in [3.8, 4) is 5.75 Å². The van der Waals surface area contributed by atoms with E-state index in [0.29, 0.717) is 43.6 Å². The molecule has 5 rings (SSSR count). The van der Waals surface area contributed by atoms with Crippen molar-refractivity contribution in [1.29, 1.82) is 0 Å². The Bertz CT molecular complexity index is 1680. The molecule has 0 radical (unpaired) electrons. The number of benzene rings is 4. The smallest absolute Gasteiger partial charge is 0.261 e. The number of amides is 2. The van der Waals surface area contributed by atoms with Crippen molar-refractivity contribution in [3.63, 3.8) is 0 Å². The first-order chi connectivity index (χ1) is 22.3. The van der Waals surface area contributed by atoms with Crippen LogP contribution >= 0.6 is 11.6 Å². The lowest BCUT2D eigenvalue weighted by Crippen LogP contribution is -2.51. The zero-order valence-corrected chi connectivity index (χ0v) is 26.8. The minimum atomic E-state index is -3.67. The predicted octanol–water partition coefficient (Wildman–Crippen LogP) is 4.70. The van der Waals surface area contributed by atoms with Crippen molar-refractivity contribution in [1.82, 2.24) is 14.5 Å². The number of sulfonamides is 1. The Labute approximate surface area is 274 Å². The van der Waals surface area contributed by atoms with Gasteiger partial charge in [-0.1, -0.05) is 84.4 Å². The molecule has 9 nitrogen and oxygen atoms in total. The highest BCUT2D eigenvalue weighted by molar-refractivity contribution is 7.89. The molecule has 0 spiro atoms. The summed E-state index contributed by atoms with van der Waals surface area (Å²) >= 11 is 6.12. The van der Waals surface area contributed by atoms with E-state index in [2.05, 4.69) is 5.32 Å². The van der Waals surface area contributed by atoms with Crippen LogP contribution in [-0.2, 0) is 43.9 Å². The molecule has 1 fully saturated rings. The lowest BCUT2D eigenvalue weighted by atomic mass is 10.0. The molecule has 1 N–H and O–H groups in total. The highest BCUT2D eigenvalue weighted by atomic mass is 35.5. The molecule has 2 amide bonds. The Balaban J connectivity index is 1.35. The molecule has 4 aromatic carbocycles. The van der Waals surface area contributed by atoms with Crippen LogP contribution in [0.15, 0.2) is 114 Å². The summed E-state index contributed by atoms with van der Waals surface area (Å²) in [6, 6.07) is 31.3. The van der Waals surface area contributed by atoms with Crippen LogP contribution in [0.2, 0.25) is 5.02 Å². The summed E-state index contributed by atoms with van der Waals surface area (Å²) in [6.07, 6.45) is 0.287. The van der Waals surface area contributed by atoms with Crippen molar-refractivity contribution >= 4 is 33.4 Å². The zero-order valence-electron chi connectivity index (χ0n) is 25.3. The molecule has 0 bridgehead atoms. The Morgan fingerprint density at radius 3 is 2.07 bits per heavy atom. The highest BCUT2D eigenvalue weighted by Gasteiger charge is 2.31. The number of rotatable bonds is 13. The van der Waals surface area contributed by atoms with E-state index in [1.54, 1.807) is 12.1 Å². The van der Waals surface area contributed by atoms with Crippen LogP contribution in [0.3, 0.4) is 0 Å². The molecule has 240 valence electrons. The van der Waals surface area contributed by atoms with Gasteiger partial charge in [0.25, 0.3) is 5.91 Å². The monoisotopic (exact) mass is 661 g/mol. The molecule has 0 aromatic heterocycles. The van der Waals surface area contributed by atoms with Crippen LogP contribution in [0.4, 0.5) is 0 Å². The first-order valence-electron chi connectivity index (χ1n) is 15.0. The molecular formula is C35H36ClN3O6S. The molecule has 11 heteroatoms. The average Bonchev–Trinajstić information content (AvgIpc) is 3.10. The van der Waals surface area contributed by atoms with Gasteiger partial charge in [0.2, 0.25) is 15.9 Å². The van der Waals surface area contributed by atoms with Gasteiger partial charge in [-0.2, -0.15) is 4.31 Å². The predicted molar refractivity (Wildman–Crippen MR) is 176 cm³/mol. The van der Waals surface area contributed by atoms with E-state index in [-0.39, 0.29) is 30.4 Å². The van der Waals surface area contributed by atoms with Crippen LogP contribution in [0.5, 0.6) is 5.75 Å². The van der Waals surface area contributed by atoms with Crippen LogP contribution in [0, 0.1) is 0 Å². The van der Waals surface area contributed by atoms with E-state index < -0.39 is 22.0 Å². The van der Waals surface area contributed by atoms with Gasteiger partial charge in [-0.15, -0.1) is 0 Å². The fourth-order valence-corrected chi connectivity index (χ4v) is 6.65. The van der Waals surface area contributed by atoms with Gasteiger partial charge in [0.1, 0.15) is 11.8 Å². The number of carbonyl (C=O) groups is 2. The molecule has 0 aliphatic carbocycles. The maximum absolute atomic E-state index is 13.9. The van der Waals surface area contributed by atoms with E-state index >= 15 is 0 Å². The SMILES string of the molecule is O=C(NCc1ccccc1)[C@H](Cc1ccccc1)N(Cc1ccc(Cl)cc1)C(=O)COc1ccc(S(=O)(=O)N2CCOCC2)cc1. The number of morpholine rings is 1. The maximum atomic E-state index is 13.9. The van der Waals surface area contributed by atoms with Gasteiger partial charge in [-0.3, -0.25) is 9.59 Å². The minimum absolute atomic E-state index is 0.135. The van der Waals surface area contributed by atoms with E-state index in [4.69, 9.17) is 21.1 Å². The molecule has 1 saturated heterocycles. The van der Waals surface area contributed by atoms with Crippen LogP contribution in [0.25, 0.3) is 0 Å². The molecule has 1 heterocycles. The normalized spacial score (nSPS) is 14.3. The van der Waals surface area contributed by atoms with E-state index in [9.17, 15) is 18.0 Å². The third-order valence-corrected chi connectivity index (χ3v) is 9.81. The molecule has 1 aliphatic rings. The van der Waals surface area contributed by atoms with Crippen LogP contribution in [0.1, 0.15) is 16.7 Å². The van der Waals surface area contributed by atoms with Crippen LogP contribution < -0.4 is 10.1 Å². The van der Waals surface area contributed by atoms with Crippen molar-refractivity contribution in [2.45, 2.75) is 30.4 Å². The minimum Gasteiger partial charge on any atom is -0.484 e. The third-order valence-electron chi connectivity index (χ3n) is 7.64. The Morgan fingerprint density at radius 2 is 1.43 bits per heavy atom. The first kappa shape index (κ1) is 33.2. The summed E-state index contributed by atoms with van der Waals surface area (Å²) < 4.78 is 38.5. The van der Waals surface area contributed by atoms with Gasteiger partial charge in [0, 0.05) is 37.6 Å². The fourth-order valence-electron chi connectivity index (χ4n) is 5.12. The van der Waals surface area contributed by atoms with E-state index in [1.165, 1.54) is 33.5 Å². The number of hydrogen-bond acceptors (Lipinski definition) is 6. The van der Waals surface area contributed by atoms with Crippen molar-refractivity contribution < 1.29 is 27.5 Å². The van der Waals surface area contributed by atoms with Gasteiger partial charge in [-0.25, -0.2) is 8.42 Å². The van der Waals surface area contributed by atoms with Gasteiger partial charge in [0.15, 0.2) is 6.61 Å². The Kier molecular flexibility index (Phi) is 11.4. The van der Waals surface area contributed by atoms with Crippen molar-refractivity contribution in [3.05, 3.63) is 131 Å². The first-order valence-corrected chi connectivity index (χ1v) is 16.8. The Hall–Kier alpha value is -4.22. The molecule has 0 unspecified atom stereocenters. The second-order valence-corrected chi connectivity index (χ2v) is 13.2. The van der Waals surface area contributed by atoms with Gasteiger partial charge in [0.05, 0.1) is 18.1 Å². The summed E-state index contributed by atoms with van der Waals surface area (Å²) in [6.45, 7) is 1.38. The number of hydrogen-bond donors (Lipinski definition) is 1. The number of nitrogens with zero attached hydrogens (tertiary/aromatic N) is 2. The van der Waals surface area contributed by atoms with Crippen molar-refractivity contribution in [2.75, 3.05) is 32.9 Å². The summed E-state index contributed by atoms with van der Waals surface area (Å²) in [5, 5.41) is 3.57.